The molecule has 2 heterocycles. The second kappa shape index (κ2) is 7.29. The van der Waals surface area contributed by atoms with Crippen molar-refractivity contribution in [3.05, 3.63) is 36.2 Å². The Labute approximate surface area is 139 Å². The highest BCUT2D eigenvalue weighted by atomic mass is 19.1. The van der Waals surface area contributed by atoms with Crippen LogP contribution in [-0.2, 0) is 0 Å². The number of amides is 2. The Morgan fingerprint density at radius 3 is 3.12 bits per heavy atom. The molecule has 0 saturated carbocycles. The molecule has 1 fully saturated rings. The maximum absolute atomic E-state index is 13.4. The van der Waals surface area contributed by atoms with Crippen LogP contribution in [0.4, 0.5) is 14.9 Å². The third-order valence-corrected chi connectivity index (χ3v) is 4.00. The molecule has 1 aliphatic heterocycles. The minimum Gasteiger partial charge on any atom is -0.492 e. The molecule has 1 aromatic carbocycles. The zero-order chi connectivity index (χ0) is 16.9. The molecule has 1 aromatic heterocycles. The van der Waals surface area contributed by atoms with Crippen molar-refractivity contribution < 1.29 is 13.9 Å². The molecule has 0 aliphatic carbocycles. The number of likely N-dealkylation sites (tertiary alicyclic amines) is 1. The zero-order valence-corrected chi connectivity index (χ0v) is 13.5. The van der Waals surface area contributed by atoms with Gasteiger partial charge in [-0.2, -0.15) is 5.10 Å². The van der Waals surface area contributed by atoms with Crippen molar-refractivity contribution in [1.82, 2.24) is 20.1 Å². The van der Waals surface area contributed by atoms with Gasteiger partial charge >= 0.3 is 6.03 Å². The molecule has 3 rings (SSSR count). The predicted octanol–water partition coefficient (Wildman–Crippen LogP) is 3.10. The minimum atomic E-state index is -0.408. The van der Waals surface area contributed by atoms with E-state index in [1.165, 1.54) is 24.5 Å². The fourth-order valence-electron chi connectivity index (χ4n) is 2.90. The number of piperidine rings is 1. The average Bonchev–Trinajstić information content (AvgIpc) is 3.12. The maximum Gasteiger partial charge on any atom is 0.322 e. The quantitative estimate of drug-likeness (QED) is 0.900. The molecular weight excluding hydrogens is 313 g/mol. The highest BCUT2D eigenvalue weighted by Crippen LogP contribution is 2.31. The summed E-state index contributed by atoms with van der Waals surface area (Å²) in [4.78, 5) is 18.6. The van der Waals surface area contributed by atoms with Gasteiger partial charge in [0.2, 0.25) is 0 Å². The number of carbonyl (C=O) groups is 1. The number of carbonyl (C=O) groups excluding carboxylic acids is 1. The number of hydrogen-bond donors (Lipinski definition) is 2. The normalized spacial score (nSPS) is 17.6. The standard InChI is InChI=1S/C16H20FN5O2/c1-2-24-14-9-11(17)6-7-12(14)20-16(23)22-8-4-3-5-13(22)15-18-10-19-21-15/h6-7,9-10,13H,2-5,8H2,1H3,(H,20,23)(H,18,19,21). The number of aromatic nitrogens is 3. The first-order valence-electron chi connectivity index (χ1n) is 8.04. The van der Waals surface area contributed by atoms with Gasteiger partial charge in [0.1, 0.15) is 23.7 Å². The molecule has 8 heteroatoms. The Balaban J connectivity index is 1.78. The molecule has 0 bridgehead atoms. The first kappa shape index (κ1) is 16.2. The van der Waals surface area contributed by atoms with E-state index in [1.807, 2.05) is 0 Å². The Hall–Kier alpha value is -2.64. The van der Waals surface area contributed by atoms with Crippen molar-refractivity contribution in [2.45, 2.75) is 32.2 Å². The van der Waals surface area contributed by atoms with Gasteiger partial charge in [0.25, 0.3) is 0 Å². The van der Waals surface area contributed by atoms with Gasteiger partial charge in [-0.3, -0.25) is 5.10 Å². The van der Waals surface area contributed by atoms with Crippen molar-refractivity contribution >= 4 is 11.7 Å². The van der Waals surface area contributed by atoms with E-state index in [0.29, 0.717) is 30.4 Å². The lowest BCUT2D eigenvalue weighted by atomic mass is 10.0. The van der Waals surface area contributed by atoms with Crippen LogP contribution in [0.15, 0.2) is 24.5 Å². The van der Waals surface area contributed by atoms with E-state index in [0.717, 1.165) is 19.3 Å². The molecule has 1 atom stereocenters. The van der Waals surface area contributed by atoms with Gasteiger partial charge < -0.3 is 15.0 Å². The summed E-state index contributed by atoms with van der Waals surface area (Å²) in [6, 6.07) is 3.66. The number of nitrogens with zero attached hydrogens (tertiary/aromatic N) is 3. The topological polar surface area (TPSA) is 83.1 Å². The number of H-pyrrole nitrogens is 1. The monoisotopic (exact) mass is 333 g/mol. The summed E-state index contributed by atoms with van der Waals surface area (Å²) in [5.41, 5.74) is 0.449. The van der Waals surface area contributed by atoms with E-state index in [4.69, 9.17) is 4.74 Å². The van der Waals surface area contributed by atoms with Crippen LogP contribution in [0, 0.1) is 5.82 Å². The van der Waals surface area contributed by atoms with Crippen LogP contribution in [0.1, 0.15) is 38.1 Å². The van der Waals surface area contributed by atoms with Crippen LogP contribution in [-0.4, -0.2) is 39.3 Å². The van der Waals surface area contributed by atoms with Crippen molar-refractivity contribution in [3.8, 4) is 5.75 Å². The number of urea groups is 1. The molecule has 1 saturated heterocycles. The van der Waals surface area contributed by atoms with E-state index in [-0.39, 0.29) is 12.1 Å². The fourth-order valence-corrected chi connectivity index (χ4v) is 2.90. The minimum absolute atomic E-state index is 0.141. The SMILES string of the molecule is CCOc1cc(F)ccc1NC(=O)N1CCCCC1c1ncn[nH]1. The van der Waals surface area contributed by atoms with Gasteiger partial charge in [-0.05, 0) is 38.3 Å². The van der Waals surface area contributed by atoms with Gasteiger partial charge in [-0.1, -0.05) is 0 Å². The van der Waals surface area contributed by atoms with Crippen LogP contribution >= 0.6 is 0 Å². The summed E-state index contributed by atoms with van der Waals surface area (Å²) in [7, 11) is 0. The molecule has 1 aliphatic rings. The smallest absolute Gasteiger partial charge is 0.322 e. The summed E-state index contributed by atoms with van der Waals surface area (Å²) in [5, 5.41) is 9.52. The number of ether oxygens (including phenoxy) is 1. The summed E-state index contributed by atoms with van der Waals surface area (Å²) < 4.78 is 18.8. The summed E-state index contributed by atoms with van der Waals surface area (Å²) in [6.45, 7) is 2.82. The molecule has 2 aromatic rings. The van der Waals surface area contributed by atoms with Gasteiger partial charge in [0.15, 0.2) is 0 Å². The number of anilines is 1. The molecule has 2 amide bonds. The van der Waals surface area contributed by atoms with Crippen LogP contribution in [0.25, 0.3) is 0 Å². The lowest BCUT2D eigenvalue weighted by Crippen LogP contribution is -2.41. The highest BCUT2D eigenvalue weighted by Gasteiger charge is 2.30. The Kier molecular flexibility index (Phi) is 4.93. The van der Waals surface area contributed by atoms with Gasteiger partial charge in [-0.15, -0.1) is 0 Å². The number of halogens is 1. The van der Waals surface area contributed by atoms with E-state index in [1.54, 1.807) is 11.8 Å². The lowest BCUT2D eigenvalue weighted by Gasteiger charge is -2.34. The predicted molar refractivity (Wildman–Crippen MR) is 86.3 cm³/mol. The number of rotatable bonds is 4. The molecular formula is C16H20FN5O2. The maximum atomic E-state index is 13.4. The van der Waals surface area contributed by atoms with Crippen LogP contribution in [0.3, 0.4) is 0 Å². The van der Waals surface area contributed by atoms with E-state index < -0.39 is 5.82 Å². The van der Waals surface area contributed by atoms with E-state index >= 15 is 0 Å². The van der Waals surface area contributed by atoms with Crippen molar-refractivity contribution in [1.29, 1.82) is 0 Å². The Morgan fingerprint density at radius 1 is 1.50 bits per heavy atom. The fraction of sp³-hybridized carbons (Fsp3) is 0.438. The third-order valence-electron chi connectivity index (χ3n) is 4.00. The molecule has 0 radical (unpaired) electrons. The summed E-state index contributed by atoms with van der Waals surface area (Å²) in [6.07, 6.45) is 4.22. The van der Waals surface area contributed by atoms with E-state index in [9.17, 15) is 9.18 Å². The van der Waals surface area contributed by atoms with Crippen LogP contribution in [0.2, 0.25) is 0 Å². The van der Waals surface area contributed by atoms with Crippen molar-refractivity contribution in [2.24, 2.45) is 0 Å². The molecule has 2 N–H and O–H groups in total. The van der Waals surface area contributed by atoms with E-state index in [2.05, 4.69) is 20.5 Å². The number of benzene rings is 1. The second-order valence-corrected chi connectivity index (χ2v) is 5.58. The Bertz CT molecular complexity index is 692. The zero-order valence-electron chi connectivity index (χ0n) is 13.5. The first-order valence-corrected chi connectivity index (χ1v) is 8.04. The summed E-state index contributed by atoms with van der Waals surface area (Å²) in [5.74, 6) is 0.585. The van der Waals surface area contributed by atoms with Crippen LogP contribution < -0.4 is 10.1 Å². The summed E-state index contributed by atoms with van der Waals surface area (Å²) >= 11 is 0. The lowest BCUT2D eigenvalue weighted by molar-refractivity contribution is 0.159. The number of hydrogen-bond acceptors (Lipinski definition) is 4. The second-order valence-electron chi connectivity index (χ2n) is 5.58. The molecule has 7 nitrogen and oxygen atoms in total. The van der Waals surface area contributed by atoms with Gasteiger partial charge in [0.05, 0.1) is 18.3 Å². The largest absolute Gasteiger partial charge is 0.492 e. The van der Waals surface area contributed by atoms with Gasteiger partial charge in [0, 0.05) is 12.6 Å². The van der Waals surface area contributed by atoms with Crippen molar-refractivity contribution in [3.63, 3.8) is 0 Å². The number of nitrogens with one attached hydrogen (secondary N) is 2. The number of aromatic amines is 1. The van der Waals surface area contributed by atoms with Crippen LogP contribution in [0.5, 0.6) is 5.75 Å². The van der Waals surface area contributed by atoms with Gasteiger partial charge in [-0.25, -0.2) is 14.2 Å². The molecule has 1 unspecified atom stereocenters. The van der Waals surface area contributed by atoms with Crippen molar-refractivity contribution in [2.75, 3.05) is 18.5 Å². The third kappa shape index (κ3) is 3.47. The average molecular weight is 333 g/mol. The Morgan fingerprint density at radius 2 is 2.38 bits per heavy atom. The first-order chi connectivity index (χ1) is 11.7. The molecule has 24 heavy (non-hydrogen) atoms. The molecule has 128 valence electrons. The molecule has 0 spiro atoms. The highest BCUT2D eigenvalue weighted by molar-refractivity contribution is 5.91.